The molecule has 0 aromatic carbocycles. The summed E-state index contributed by atoms with van der Waals surface area (Å²) in [6, 6.07) is 1.46. The lowest BCUT2D eigenvalue weighted by atomic mass is 10.7. The van der Waals surface area contributed by atoms with E-state index in [1.54, 1.807) is 0 Å². The minimum absolute atomic E-state index is 0.278. The van der Waals surface area contributed by atoms with Crippen molar-refractivity contribution in [3.8, 4) is 0 Å². The summed E-state index contributed by atoms with van der Waals surface area (Å²) in [7, 11) is 0. The first-order valence-corrected chi connectivity index (χ1v) is 2.19. The first-order chi connectivity index (χ1) is 4.29. The van der Waals surface area contributed by atoms with Crippen LogP contribution in [0.15, 0.2) is 12.3 Å². The van der Waals surface area contributed by atoms with Crippen molar-refractivity contribution in [3.63, 3.8) is 0 Å². The molecule has 1 aromatic heterocycles. The number of hydrogen-bond donors (Lipinski definition) is 2. The van der Waals surface area contributed by atoms with Crippen LogP contribution in [0.2, 0.25) is 0 Å². The maximum absolute atomic E-state index is 9.71. The minimum atomic E-state index is -0.659. The number of aromatic amines is 1. The molecule has 6 heteroatoms. The summed E-state index contributed by atoms with van der Waals surface area (Å²) in [6.45, 7) is 0. The lowest BCUT2D eigenvalue weighted by Crippen LogP contribution is -2.07. The Morgan fingerprint density at radius 1 is 1.89 bits per heavy atom. The summed E-state index contributed by atoms with van der Waals surface area (Å²) in [5.41, 5.74) is 1.89. The van der Waals surface area contributed by atoms with Gasteiger partial charge in [-0.2, -0.15) is 5.10 Å². The van der Waals surface area contributed by atoms with E-state index in [4.69, 9.17) is 0 Å². The van der Waals surface area contributed by atoms with Crippen molar-refractivity contribution in [2.24, 2.45) is 0 Å². The lowest BCUT2D eigenvalue weighted by molar-refractivity contribution is -0.445. The fraction of sp³-hybridized carbons (Fsp3) is 0. The number of hydrogen-bond acceptors (Lipinski definition) is 3. The van der Waals surface area contributed by atoms with Crippen molar-refractivity contribution in [3.05, 3.63) is 22.4 Å². The molecule has 1 aromatic rings. The van der Waals surface area contributed by atoms with Gasteiger partial charge in [0.15, 0.2) is 10.9 Å². The van der Waals surface area contributed by atoms with Gasteiger partial charge in [0.1, 0.15) is 0 Å². The Hall–Kier alpha value is -1.59. The van der Waals surface area contributed by atoms with E-state index >= 15 is 0 Å². The molecule has 1 rings (SSSR count). The maximum Gasteiger partial charge on any atom is 0.186 e. The minimum Gasteiger partial charge on any atom is -0.259 e. The average Bonchev–Trinajstić information content (AvgIpc) is 2.15. The molecule has 1 heterocycles. The van der Waals surface area contributed by atoms with Crippen LogP contribution >= 0.6 is 0 Å². The molecule has 9 heavy (non-hydrogen) atoms. The predicted molar refractivity (Wildman–Crippen MR) is 29.2 cm³/mol. The van der Waals surface area contributed by atoms with Crippen LogP contribution in [0.25, 0.3) is 0 Å². The van der Waals surface area contributed by atoms with E-state index in [1.165, 1.54) is 12.3 Å². The van der Waals surface area contributed by atoms with Crippen LogP contribution in [0.4, 0.5) is 5.82 Å². The van der Waals surface area contributed by atoms with Crippen molar-refractivity contribution < 1.29 is 5.03 Å². The Morgan fingerprint density at radius 3 is 3.11 bits per heavy atom. The van der Waals surface area contributed by atoms with Gasteiger partial charge in [-0.1, -0.05) is 5.43 Å². The van der Waals surface area contributed by atoms with Crippen molar-refractivity contribution in [1.29, 1.82) is 0 Å². The van der Waals surface area contributed by atoms with Crippen LogP contribution in [-0.4, -0.2) is 15.2 Å². The molecular weight excluding hydrogens is 124 g/mol. The van der Waals surface area contributed by atoms with Crippen molar-refractivity contribution in [1.82, 2.24) is 10.2 Å². The number of H-pyrrole nitrogens is 1. The molecule has 0 fully saturated rings. The third-order valence-corrected chi connectivity index (χ3v) is 0.712. The molecule has 0 radical (unpaired) electrons. The van der Waals surface area contributed by atoms with Gasteiger partial charge in [0.25, 0.3) is 0 Å². The number of rotatable bonds is 2. The van der Waals surface area contributed by atoms with E-state index in [0.717, 1.165) is 0 Å². The molecule has 0 saturated heterocycles. The SMILES string of the molecule is O=[N+]([O-])Nc1ccn[nH]1. The molecule has 2 N–H and O–H groups in total. The molecule has 0 bridgehead atoms. The summed E-state index contributed by atoms with van der Waals surface area (Å²) in [5.74, 6) is 0.278. The van der Waals surface area contributed by atoms with Gasteiger partial charge >= 0.3 is 0 Å². The molecule has 0 aliphatic rings. The second kappa shape index (κ2) is 2.12. The molecule has 0 atom stereocenters. The highest BCUT2D eigenvalue weighted by molar-refractivity contribution is 5.27. The lowest BCUT2D eigenvalue weighted by Gasteiger charge is -1.87. The molecule has 0 amide bonds. The molecule has 0 saturated carbocycles. The third kappa shape index (κ3) is 1.41. The molecule has 6 nitrogen and oxygen atoms in total. The normalized spacial score (nSPS) is 8.89. The van der Waals surface area contributed by atoms with Gasteiger partial charge in [0, 0.05) is 6.07 Å². The summed E-state index contributed by atoms with van der Waals surface area (Å²) in [4.78, 5) is 9.71. The standard InChI is InChI=1S/C3H4N4O2/c8-7(9)6-3-1-2-4-5-3/h1-2H,(H2,4,5,6). The van der Waals surface area contributed by atoms with E-state index in [9.17, 15) is 10.1 Å². The fourth-order valence-corrected chi connectivity index (χ4v) is 0.416. The van der Waals surface area contributed by atoms with Crippen molar-refractivity contribution in [2.75, 3.05) is 5.43 Å². The Morgan fingerprint density at radius 2 is 2.67 bits per heavy atom. The first kappa shape index (κ1) is 5.54. The molecule has 0 unspecified atom stereocenters. The Bertz CT molecular complexity index is 194. The molecule has 0 aliphatic carbocycles. The topological polar surface area (TPSA) is 83.8 Å². The second-order valence-electron chi connectivity index (χ2n) is 1.34. The second-order valence-corrected chi connectivity index (χ2v) is 1.34. The fourth-order valence-electron chi connectivity index (χ4n) is 0.416. The summed E-state index contributed by atoms with van der Waals surface area (Å²) in [6.07, 6.45) is 1.42. The zero-order chi connectivity index (χ0) is 6.69. The Balaban J connectivity index is 2.58. The maximum atomic E-state index is 9.71. The van der Waals surface area contributed by atoms with E-state index in [1.807, 2.05) is 5.43 Å². The average molecular weight is 128 g/mol. The largest absolute Gasteiger partial charge is 0.259 e. The molecule has 0 spiro atoms. The monoisotopic (exact) mass is 128 g/mol. The van der Waals surface area contributed by atoms with Gasteiger partial charge in [-0.15, -0.1) is 0 Å². The van der Waals surface area contributed by atoms with E-state index < -0.39 is 5.03 Å². The van der Waals surface area contributed by atoms with Crippen LogP contribution in [-0.2, 0) is 0 Å². The zero-order valence-electron chi connectivity index (χ0n) is 4.37. The van der Waals surface area contributed by atoms with Gasteiger partial charge in [-0.3, -0.25) is 5.10 Å². The van der Waals surface area contributed by atoms with Gasteiger partial charge in [0.2, 0.25) is 0 Å². The van der Waals surface area contributed by atoms with E-state index in [0.29, 0.717) is 0 Å². The van der Waals surface area contributed by atoms with Gasteiger partial charge < -0.3 is 0 Å². The van der Waals surface area contributed by atoms with Crippen LogP contribution in [0.1, 0.15) is 0 Å². The van der Waals surface area contributed by atoms with Crippen molar-refractivity contribution in [2.45, 2.75) is 0 Å². The molecular formula is C3H4N4O2. The Labute approximate surface area is 50.0 Å². The third-order valence-electron chi connectivity index (χ3n) is 0.712. The van der Waals surface area contributed by atoms with Crippen LogP contribution in [0.5, 0.6) is 0 Å². The highest BCUT2D eigenvalue weighted by Crippen LogP contribution is 1.95. The summed E-state index contributed by atoms with van der Waals surface area (Å²) in [5, 5.41) is 14.9. The zero-order valence-corrected chi connectivity index (χ0v) is 4.37. The van der Waals surface area contributed by atoms with Gasteiger partial charge in [-0.05, 0) is 0 Å². The molecule has 0 aliphatic heterocycles. The predicted octanol–water partition coefficient (Wildman–Crippen LogP) is 0.0133. The van der Waals surface area contributed by atoms with Crippen LogP contribution in [0, 0.1) is 10.1 Å². The Kier molecular flexibility index (Phi) is 1.31. The first-order valence-electron chi connectivity index (χ1n) is 2.19. The molecule has 48 valence electrons. The van der Waals surface area contributed by atoms with Crippen molar-refractivity contribution >= 4 is 5.82 Å². The number of nitrogens with zero attached hydrogens (tertiary/aromatic N) is 2. The quantitative estimate of drug-likeness (QED) is 0.434. The smallest absolute Gasteiger partial charge is 0.186 e. The van der Waals surface area contributed by atoms with Gasteiger partial charge in [-0.25, -0.2) is 10.1 Å². The highest BCUT2D eigenvalue weighted by atomic mass is 16.7. The van der Waals surface area contributed by atoms with Crippen LogP contribution < -0.4 is 5.43 Å². The van der Waals surface area contributed by atoms with Gasteiger partial charge in [0.05, 0.1) is 6.20 Å². The van der Waals surface area contributed by atoms with E-state index in [2.05, 4.69) is 10.2 Å². The highest BCUT2D eigenvalue weighted by Gasteiger charge is 1.96. The summed E-state index contributed by atoms with van der Waals surface area (Å²) >= 11 is 0. The number of nitrogens with one attached hydrogen (secondary N) is 2. The van der Waals surface area contributed by atoms with E-state index in [-0.39, 0.29) is 5.82 Å². The number of hydrazine groups is 1. The number of nitro groups is 1. The number of anilines is 1. The summed E-state index contributed by atoms with van der Waals surface area (Å²) < 4.78 is 0. The van der Waals surface area contributed by atoms with Crippen LogP contribution in [0.3, 0.4) is 0 Å². The number of aromatic nitrogens is 2.